The molecule has 1 unspecified atom stereocenters. The van der Waals surface area contributed by atoms with Gasteiger partial charge in [0.25, 0.3) is 0 Å². The maximum Gasteiger partial charge on any atom is 0.423 e. The van der Waals surface area contributed by atoms with Crippen LogP contribution in [0, 0.1) is 5.92 Å². The molecule has 1 aromatic carbocycles. The van der Waals surface area contributed by atoms with Crippen LogP contribution in [0.2, 0.25) is 5.02 Å². The van der Waals surface area contributed by atoms with Crippen molar-refractivity contribution in [2.24, 2.45) is 11.7 Å². The van der Waals surface area contributed by atoms with Gasteiger partial charge >= 0.3 is 6.18 Å². The Labute approximate surface area is 120 Å². The Hall–Kier alpha value is -0.980. The van der Waals surface area contributed by atoms with E-state index >= 15 is 0 Å². The minimum Gasteiger partial charge on any atom is -0.398 e. The van der Waals surface area contributed by atoms with Crippen LogP contribution in [-0.2, 0) is 10.3 Å². The Morgan fingerprint density at radius 1 is 1.30 bits per heavy atom. The lowest BCUT2D eigenvalue weighted by Crippen LogP contribution is -2.51. The molecule has 4 N–H and O–H groups in total. The highest BCUT2D eigenvalue weighted by molar-refractivity contribution is 6.30. The summed E-state index contributed by atoms with van der Waals surface area (Å²) in [5, 5.41) is 0.159. The summed E-state index contributed by atoms with van der Waals surface area (Å²) in [5.41, 5.74) is 8.22. The van der Waals surface area contributed by atoms with Crippen molar-refractivity contribution >= 4 is 17.3 Å². The zero-order valence-electron chi connectivity index (χ0n) is 10.7. The summed E-state index contributed by atoms with van der Waals surface area (Å²) in [7, 11) is 0. The highest BCUT2D eigenvalue weighted by atomic mass is 35.5. The van der Waals surface area contributed by atoms with Gasteiger partial charge in [-0.25, -0.2) is 0 Å². The summed E-state index contributed by atoms with van der Waals surface area (Å²) in [6.07, 6.45) is -2.91. The molecule has 0 heterocycles. The number of nitrogens with two attached hydrogens (primary N) is 2. The SMILES string of the molecule is NCC(OCC1CC1)(c1cc(Cl)ccc1N)C(F)(F)F. The molecule has 2 rings (SSSR count). The predicted molar refractivity (Wildman–Crippen MR) is 71.3 cm³/mol. The zero-order valence-corrected chi connectivity index (χ0v) is 11.5. The smallest absolute Gasteiger partial charge is 0.398 e. The van der Waals surface area contributed by atoms with E-state index in [2.05, 4.69) is 0 Å². The minimum atomic E-state index is -4.67. The Balaban J connectivity index is 2.44. The summed E-state index contributed by atoms with van der Waals surface area (Å²) >= 11 is 5.79. The average Bonchev–Trinajstić information content (AvgIpc) is 3.17. The first-order chi connectivity index (χ1) is 9.30. The molecule has 112 valence electrons. The number of nitrogen functional groups attached to an aromatic ring is 1. The number of rotatable bonds is 5. The second-order valence-corrected chi connectivity index (χ2v) is 5.45. The summed E-state index contributed by atoms with van der Waals surface area (Å²) < 4.78 is 45.8. The van der Waals surface area contributed by atoms with Gasteiger partial charge in [-0.1, -0.05) is 11.6 Å². The fourth-order valence-electron chi connectivity index (χ4n) is 2.02. The quantitative estimate of drug-likeness (QED) is 0.822. The van der Waals surface area contributed by atoms with Crippen molar-refractivity contribution in [1.29, 1.82) is 0 Å². The lowest BCUT2D eigenvalue weighted by Gasteiger charge is -2.36. The number of ether oxygens (including phenoxy) is 1. The Morgan fingerprint density at radius 2 is 1.95 bits per heavy atom. The number of halogens is 4. The first-order valence-corrected chi connectivity index (χ1v) is 6.64. The lowest BCUT2D eigenvalue weighted by atomic mass is 9.91. The molecule has 1 fully saturated rings. The average molecular weight is 309 g/mol. The lowest BCUT2D eigenvalue weighted by molar-refractivity contribution is -0.281. The van der Waals surface area contributed by atoms with Gasteiger partial charge in [0.05, 0.1) is 6.61 Å². The van der Waals surface area contributed by atoms with E-state index in [1.807, 2.05) is 0 Å². The van der Waals surface area contributed by atoms with Crippen molar-refractivity contribution in [3.8, 4) is 0 Å². The van der Waals surface area contributed by atoms with E-state index in [9.17, 15) is 13.2 Å². The molecule has 1 aromatic rings. The molecule has 0 amide bonds. The monoisotopic (exact) mass is 308 g/mol. The van der Waals surface area contributed by atoms with Crippen LogP contribution in [0.5, 0.6) is 0 Å². The summed E-state index contributed by atoms with van der Waals surface area (Å²) in [6, 6.07) is 3.93. The topological polar surface area (TPSA) is 61.3 Å². The van der Waals surface area contributed by atoms with Gasteiger partial charge in [0, 0.05) is 22.8 Å². The molecule has 1 saturated carbocycles. The first kappa shape index (κ1) is 15.4. The Kier molecular flexibility index (Phi) is 4.18. The van der Waals surface area contributed by atoms with Crippen molar-refractivity contribution in [2.45, 2.75) is 24.6 Å². The molecule has 0 saturated heterocycles. The van der Waals surface area contributed by atoms with Crippen molar-refractivity contribution in [1.82, 2.24) is 0 Å². The number of alkyl halides is 3. The van der Waals surface area contributed by atoms with Crippen LogP contribution in [0.4, 0.5) is 18.9 Å². The highest BCUT2D eigenvalue weighted by Crippen LogP contribution is 2.45. The normalized spacial score (nSPS) is 18.9. The van der Waals surface area contributed by atoms with E-state index in [4.69, 9.17) is 27.8 Å². The van der Waals surface area contributed by atoms with E-state index in [0.717, 1.165) is 12.8 Å². The van der Waals surface area contributed by atoms with Crippen molar-refractivity contribution < 1.29 is 17.9 Å². The Bertz CT molecular complexity index is 491. The molecule has 0 aromatic heterocycles. The second kappa shape index (κ2) is 5.42. The third kappa shape index (κ3) is 2.87. The summed E-state index contributed by atoms with van der Waals surface area (Å²) in [5.74, 6) is 0.170. The van der Waals surface area contributed by atoms with Crippen molar-refractivity contribution in [3.63, 3.8) is 0 Å². The molecule has 0 radical (unpaired) electrons. The maximum atomic E-state index is 13.5. The molecule has 1 aliphatic rings. The van der Waals surface area contributed by atoms with Gasteiger partial charge in [-0.3, -0.25) is 0 Å². The number of hydrogen-bond acceptors (Lipinski definition) is 3. The standard InChI is InChI=1S/C13H16ClF3N2O/c14-9-3-4-11(19)10(5-9)12(7-18,13(15,16)17)20-6-8-1-2-8/h3-5,8H,1-2,6-7,18-19H2. The molecule has 0 aliphatic heterocycles. The fraction of sp³-hybridized carbons (Fsp3) is 0.538. The number of anilines is 1. The molecule has 7 heteroatoms. The fourth-order valence-corrected chi connectivity index (χ4v) is 2.19. The third-order valence-corrected chi connectivity index (χ3v) is 3.69. The predicted octanol–water partition coefficient (Wildman–Crippen LogP) is 3.07. The molecule has 1 atom stereocenters. The number of hydrogen-bond donors (Lipinski definition) is 2. The molecule has 0 bridgehead atoms. The van der Waals surface area contributed by atoms with Gasteiger partial charge in [-0.15, -0.1) is 0 Å². The maximum absolute atomic E-state index is 13.5. The van der Waals surface area contributed by atoms with Gasteiger partial charge in [0.2, 0.25) is 5.60 Å². The van der Waals surface area contributed by atoms with Crippen LogP contribution >= 0.6 is 11.6 Å². The number of benzene rings is 1. The third-order valence-electron chi connectivity index (χ3n) is 3.46. The van der Waals surface area contributed by atoms with E-state index in [-0.39, 0.29) is 28.8 Å². The molecule has 0 spiro atoms. The Morgan fingerprint density at radius 3 is 2.45 bits per heavy atom. The van der Waals surface area contributed by atoms with Crippen molar-refractivity contribution in [3.05, 3.63) is 28.8 Å². The second-order valence-electron chi connectivity index (χ2n) is 5.01. The zero-order chi connectivity index (χ0) is 15.0. The molecule has 20 heavy (non-hydrogen) atoms. The van der Waals surface area contributed by atoms with Crippen LogP contribution in [0.3, 0.4) is 0 Å². The minimum absolute atomic E-state index is 0.0165. The van der Waals surface area contributed by atoms with Gasteiger partial charge in [-0.05, 0) is 37.0 Å². The molecule has 1 aliphatic carbocycles. The molecular formula is C13H16ClF3N2O. The highest BCUT2D eigenvalue weighted by Gasteiger charge is 2.58. The van der Waals surface area contributed by atoms with Crippen LogP contribution in [-0.4, -0.2) is 19.3 Å². The first-order valence-electron chi connectivity index (χ1n) is 6.26. The van der Waals surface area contributed by atoms with E-state index in [1.165, 1.54) is 18.2 Å². The van der Waals surface area contributed by atoms with Gasteiger partial charge in [0.1, 0.15) is 0 Å². The van der Waals surface area contributed by atoms with Gasteiger partial charge in [-0.2, -0.15) is 13.2 Å². The van der Waals surface area contributed by atoms with Crippen LogP contribution < -0.4 is 11.5 Å². The summed E-state index contributed by atoms with van der Waals surface area (Å²) in [4.78, 5) is 0. The van der Waals surface area contributed by atoms with Gasteiger partial charge in [0.15, 0.2) is 0 Å². The van der Waals surface area contributed by atoms with Crippen LogP contribution in [0.25, 0.3) is 0 Å². The molecular weight excluding hydrogens is 293 g/mol. The van der Waals surface area contributed by atoms with E-state index < -0.39 is 18.3 Å². The van der Waals surface area contributed by atoms with E-state index in [1.54, 1.807) is 0 Å². The van der Waals surface area contributed by atoms with Crippen LogP contribution in [0.15, 0.2) is 18.2 Å². The summed E-state index contributed by atoms with van der Waals surface area (Å²) in [6.45, 7) is -0.726. The molecule has 3 nitrogen and oxygen atoms in total. The van der Waals surface area contributed by atoms with Gasteiger partial charge < -0.3 is 16.2 Å². The van der Waals surface area contributed by atoms with Crippen molar-refractivity contribution in [2.75, 3.05) is 18.9 Å². The van der Waals surface area contributed by atoms with Crippen LogP contribution in [0.1, 0.15) is 18.4 Å². The largest absolute Gasteiger partial charge is 0.423 e. The van der Waals surface area contributed by atoms with E-state index in [0.29, 0.717) is 0 Å².